The highest BCUT2D eigenvalue weighted by atomic mass is 32.1. The summed E-state index contributed by atoms with van der Waals surface area (Å²) < 4.78 is 7.83. The Morgan fingerprint density at radius 2 is 1.85 bits per heavy atom. The highest BCUT2D eigenvalue weighted by Crippen LogP contribution is 2.43. The van der Waals surface area contributed by atoms with Gasteiger partial charge in [-0.15, -0.1) is 0 Å². The fraction of sp³-hybridized carbons (Fsp3) is 0.258. The molecule has 1 saturated heterocycles. The number of carbonyl (C=O) groups excluding carboxylic acids is 1. The van der Waals surface area contributed by atoms with Gasteiger partial charge in [0.05, 0.1) is 18.3 Å². The number of hydrogen-bond donors (Lipinski definition) is 2. The summed E-state index contributed by atoms with van der Waals surface area (Å²) in [6, 6.07) is 23.9. The third-order valence-electron chi connectivity index (χ3n) is 6.88. The van der Waals surface area contributed by atoms with E-state index in [1.807, 2.05) is 76.4 Å². The van der Waals surface area contributed by atoms with E-state index in [1.165, 1.54) is 0 Å². The van der Waals surface area contributed by atoms with Gasteiger partial charge in [-0.25, -0.2) is 0 Å². The number of aryl methyl sites for hydroxylation is 1. The van der Waals surface area contributed by atoms with Gasteiger partial charge < -0.3 is 24.8 Å². The molecule has 2 atom stereocenters. The number of hydrogen-bond acceptors (Lipinski definition) is 4. The van der Waals surface area contributed by atoms with Gasteiger partial charge in [0.1, 0.15) is 11.8 Å². The average Bonchev–Trinajstić information content (AvgIpc) is 3.55. The highest BCUT2D eigenvalue weighted by molar-refractivity contribution is 7.80. The molecule has 1 amide bonds. The van der Waals surface area contributed by atoms with Crippen LogP contribution < -0.4 is 20.3 Å². The number of anilines is 2. The van der Waals surface area contributed by atoms with Gasteiger partial charge in [-0.3, -0.25) is 9.78 Å². The van der Waals surface area contributed by atoms with E-state index in [4.69, 9.17) is 17.0 Å². The lowest BCUT2D eigenvalue weighted by molar-refractivity contribution is -0.118. The van der Waals surface area contributed by atoms with Gasteiger partial charge in [0.15, 0.2) is 5.11 Å². The predicted octanol–water partition coefficient (Wildman–Crippen LogP) is 6.35. The number of thiocarbonyl (C=S) groups is 1. The molecular weight excluding hydrogens is 506 g/mol. The lowest BCUT2D eigenvalue weighted by Gasteiger charge is -2.29. The summed E-state index contributed by atoms with van der Waals surface area (Å²) in [5.41, 5.74) is 5.70. The molecule has 200 valence electrons. The largest absolute Gasteiger partial charge is 0.494 e. The Kier molecular flexibility index (Phi) is 7.65. The van der Waals surface area contributed by atoms with Crippen molar-refractivity contribution in [1.29, 1.82) is 0 Å². The molecular formula is C31H33N5O2S. The Bertz CT molecular complexity index is 1470. The van der Waals surface area contributed by atoms with Crippen LogP contribution in [-0.4, -0.2) is 27.2 Å². The molecule has 8 heteroatoms. The van der Waals surface area contributed by atoms with Crippen molar-refractivity contribution in [3.05, 3.63) is 102 Å². The first-order valence-corrected chi connectivity index (χ1v) is 13.6. The van der Waals surface area contributed by atoms with E-state index in [-0.39, 0.29) is 23.9 Å². The fourth-order valence-electron chi connectivity index (χ4n) is 4.89. The van der Waals surface area contributed by atoms with Crippen LogP contribution in [0.2, 0.25) is 0 Å². The maximum atomic E-state index is 12.3. The van der Waals surface area contributed by atoms with Crippen molar-refractivity contribution in [3.63, 3.8) is 0 Å². The van der Waals surface area contributed by atoms with Crippen LogP contribution in [0.1, 0.15) is 49.8 Å². The number of aromatic nitrogens is 2. The maximum absolute atomic E-state index is 12.3. The number of carbonyl (C=O) groups is 1. The molecule has 2 aromatic carbocycles. The number of rotatable bonds is 8. The number of ether oxygens (including phenoxy) is 1. The lowest BCUT2D eigenvalue weighted by atomic mass is 10.00. The quantitative estimate of drug-likeness (QED) is 0.254. The molecule has 3 heterocycles. The van der Waals surface area contributed by atoms with Crippen LogP contribution in [0.3, 0.4) is 0 Å². The second-order valence-electron chi connectivity index (χ2n) is 9.87. The number of benzene rings is 2. The Morgan fingerprint density at radius 3 is 2.51 bits per heavy atom. The van der Waals surface area contributed by atoms with Crippen LogP contribution in [-0.2, 0) is 4.79 Å². The minimum Gasteiger partial charge on any atom is -0.494 e. The van der Waals surface area contributed by atoms with Crippen molar-refractivity contribution in [2.24, 2.45) is 5.92 Å². The number of nitrogens with zero attached hydrogens (tertiary/aromatic N) is 3. The van der Waals surface area contributed by atoms with E-state index in [2.05, 4.69) is 61.6 Å². The van der Waals surface area contributed by atoms with Crippen molar-refractivity contribution in [2.75, 3.05) is 16.8 Å². The van der Waals surface area contributed by atoms with E-state index in [0.29, 0.717) is 11.7 Å². The van der Waals surface area contributed by atoms with Gasteiger partial charge in [-0.05, 0) is 98.4 Å². The van der Waals surface area contributed by atoms with E-state index in [0.717, 1.165) is 39.8 Å². The minimum absolute atomic E-state index is 0.00881. The summed E-state index contributed by atoms with van der Waals surface area (Å²) in [5.74, 6) is 0.732. The summed E-state index contributed by atoms with van der Waals surface area (Å²) in [6.07, 6.45) is 3.87. The van der Waals surface area contributed by atoms with Gasteiger partial charge in [0.25, 0.3) is 0 Å². The van der Waals surface area contributed by atoms with E-state index in [1.54, 1.807) is 0 Å². The SMILES string of the molecule is CCOc1ccc(-n2cccc2[C@@H]2[C@H](c3ccccn3)NC(=S)N2c2ccc(NC(=O)C(C)C)c(C)c2)cc1. The van der Waals surface area contributed by atoms with Crippen LogP contribution in [0.15, 0.2) is 85.2 Å². The molecule has 0 bridgehead atoms. The number of nitrogens with one attached hydrogen (secondary N) is 2. The summed E-state index contributed by atoms with van der Waals surface area (Å²) in [5, 5.41) is 7.18. The molecule has 1 aliphatic rings. The van der Waals surface area contributed by atoms with Crippen molar-refractivity contribution in [2.45, 2.75) is 39.8 Å². The Balaban J connectivity index is 1.57. The molecule has 2 aromatic heterocycles. The Hall–Kier alpha value is -4.17. The fourth-order valence-corrected chi connectivity index (χ4v) is 5.23. The lowest BCUT2D eigenvalue weighted by Crippen LogP contribution is -2.30. The van der Waals surface area contributed by atoms with Crippen molar-refractivity contribution in [3.8, 4) is 11.4 Å². The van der Waals surface area contributed by atoms with Crippen LogP contribution in [0.4, 0.5) is 11.4 Å². The Labute approximate surface area is 234 Å². The maximum Gasteiger partial charge on any atom is 0.226 e. The standard InChI is InChI=1S/C31H33N5O2S/c1-5-38-24-14-11-22(12-15-24)35-18-8-10-27(35)29-28(26-9-6-7-17-32-26)34-31(39)36(29)23-13-16-25(21(4)19-23)33-30(37)20(2)3/h6-20,28-29H,5H2,1-4H3,(H,33,37)(H,34,39)/t28-,29+/m0/s1. The van der Waals surface area contributed by atoms with Gasteiger partial charge in [-0.2, -0.15) is 0 Å². The molecule has 1 aliphatic heterocycles. The highest BCUT2D eigenvalue weighted by Gasteiger charge is 2.42. The summed E-state index contributed by atoms with van der Waals surface area (Å²) in [6.45, 7) is 8.37. The minimum atomic E-state index is -0.176. The molecule has 0 radical (unpaired) electrons. The van der Waals surface area contributed by atoms with E-state index < -0.39 is 0 Å². The third-order valence-corrected chi connectivity index (χ3v) is 7.19. The van der Waals surface area contributed by atoms with Crippen molar-refractivity contribution >= 4 is 34.6 Å². The molecule has 0 spiro atoms. The summed E-state index contributed by atoms with van der Waals surface area (Å²) in [4.78, 5) is 19.2. The second-order valence-corrected chi connectivity index (χ2v) is 10.3. The van der Waals surface area contributed by atoms with Gasteiger partial charge in [-0.1, -0.05) is 19.9 Å². The van der Waals surface area contributed by atoms with Crippen LogP contribution >= 0.6 is 12.2 Å². The topological polar surface area (TPSA) is 71.4 Å². The first-order chi connectivity index (χ1) is 18.9. The first kappa shape index (κ1) is 26.4. The van der Waals surface area contributed by atoms with Crippen LogP contribution in [0, 0.1) is 12.8 Å². The van der Waals surface area contributed by atoms with Crippen LogP contribution in [0.25, 0.3) is 5.69 Å². The zero-order valence-corrected chi connectivity index (χ0v) is 23.4. The number of amides is 1. The predicted molar refractivity (Wildman–Crippen MR) is 160 cm³/mol. The van der Waals surface area contributed by atoms with Gasteiger partial charge in [0, 0.05) is 41.1 Å². The average molecular weight is 540 g/mol. The number of pyridine rings is 1. The molecule has 5 rings (SSSR count). The molecule has 39 heavy (non-hydrogen) atoms. The van der Waals surface area contributed by atoms with E-state index in [9.17, 15) is 4.79 Å². The summed E-state index contributed by atoms with van der Waals surface area (Å²) >= 11 is 5.93. The molecule has 0 aliphatic carbocycles. The molecule has 1 fully saturated rings. The van der Waals surface area contributed by atoms with Crippen molar-refractivity contribution < 1.29 is 9.53 Å². The van der Waals surface area contributed by atoms with Gasteiger partial charge >= 0.3 is 0 Å². The Morgan fingerprint density at radius 1 is 1.08 bits per heavy atom. The molecule has 2 N–H and O–H groups in total. The van der Waals surface area contributed by atoms with Crippen LogP contribution in [0.5, 0.6) is 5.75 Å². The third kappa shape index (κ3) is 5.38. The first-order valence-electron chi connectivity index (χ1n) is 13.2. The normalized spacial score (nSPS) is 16.8. The summed E-state index contributed by atoms with van der Waals surface area (Å²) in [7, 11) is 0. The van der Waals surface area contributed by atoms with Gasteiger partial charge in [0.2, 0.25) is 5.91 Å². The zero-order valence-electron chi connectivity index (χ0n) is 22.6. The molecule has 0 saturated carbocycles. The monoisotopic (exact) mass is 539 g/mol. The van der Waals surface area contributed by atoms with Crippen molar-refractivity contribution in [1.82, 2.24) is 14.9 Å². The molecule has 4 aromatic rings. The van der Waals surface area contributed by atoms with E-state index >= 15 is 0 Å². The second kappa shape index (κ2) is 11.3. The smallest absolute Gasteiger partial charge is 0.226 e. The molecule has 0 unspecified atom stereocenters. The molecule has 7 nitrogen and oxygen atoms in total. The zero-order chi connectivity index (χ0) is 27.5.